The van der Waals surface area contributed by atoms with Crippen LogP contribution in [0.4, 0.5) is 5.69 Å². The van der Waals surface area contributed by atoms with Crippen molar-refractivity contribution in [1.29, 1.82) is 0 Å². The van der Waals surface area contributed by atoms with E-state index in [4.69, 9.17) is 5.73 Å². The van der Waals surface area contributed by atoms with Crippen molar-refractivity contribution in [2.24, 2.45) is 0 Å². The molecule has 1 heterocycles. The average Bonchev–Trinajstić information content (AvgIpc) is 2.54. The van der Waals surface area contributed by atoms with Crippen LogP contribution in [-0.2, 0) is 16.6 Å². The standard InChI is InChI=1S/C13H21N3O2S.ClH/c1-19(17,18)16-7-3-6-15(8-9-16)11-12-4-2-5-13(14)10-12;/h2,4-5,10H,3,6-9,11,14H2,1H3;1H. The largest absolute Gasteiger partial charge is 0.399 e. The van der Waals surface area contributed by atoms with E-state index in [1.165, 1.54) is 11.8 Å². The molecule has 1 saturated heterocycles. The zero-order valence-electron chi connectivity index (χ0n) is 11.7. The van der Waals surface area contributed by atoms with Crippen LogP contribution in [0.15, 0.2) is 24.3 Å². The third-order valence-corrected chi connectivity index (χ3v) is 4.68. The van der Waals surface area contributed by atoms with Crippen molar-refractivity contribution >= 4 is 28.1 Å². The van der Waals surface area contributed by atoms with Crippen LogP contribution in [0.1, 0.15) is 12.0 Å². The number of nitrogens with two attached hydrogens (primary N) is 1. The number of hydrogen-bond donors (Lipinski definition) is 1. The number of rotatable bonds is 3. The summed E-state index contributed by atoms with van der Waals surface area (Å²) < 4.78 is 24.6. The first kappa shape index (κ1) is 17.2. The smallest absolute Gasteiger partial charge is 0.211 e. The van der Waals surface area contributed by atoms with Gasteiger partial charge in [0, 0.05) is 31.9 Å². The summed E-state index contributed by atoms with van der Waals surface area (Å²) in [7, 11) is -3.07. The normalized spacial score (nSPS) is 18.2. The Bertz CT molecular complexity index is 536. The lowest BCUT2D eigenvalue weighted by molar-refractivity contribution is 0.279. The van der Waals surface area contributed by atoms with Crippen molar-refractivity contribution in [1.82, 2.24) is 9.21 Å². The Kier molecular flexibility index (Phi) is 6.26. The topological polar surface area (TPSA) is 66.6 Å². The number of halogens is 1. The first-order valence-corrected chi connectivity index (χ1v) is 8.32. The number of anilines is 1. The minimum atomic E-state index is -3.07. The summed E-state index contributed by atoms with van der Waals surface area (Å²) in [5, 5.41) is 0. The molecule has 0 aromatic heterocycles. The van der Waals surface area contributed by atoms with E-state index in [9.17, 15) is 8.42 Å². The predicted octanol–water partition coefficient (Wildman–Crippen LogP) is 1.16. The number of nitrogens with zero attached hydrogens (tertiary/aromatic N) is 2. The molecule has 0 spiro atoms. The fourth-order valence-corrected chi connectivity index (χ4v) is 3.26. The Hall–Kier alpha value is -0.820. The van der Waals surface area contributed by atoms with Gasteiger partial charge in [-0.1, -0.05) is 12.1 Å². The first-order chi connectivity index (χ1) is 8.95. The summed E-state index contributed by atoms with van der Waals surface area (Å²) >= 11 is 0. The Morgan fingerprint density at radius 2 is 1.95 bits per heavy atom. The maximum absolute atomic E-state index is 11.5. The molecule has 1 fully saturated rings. The molecule has 1 aromatic carbocycles. The summed E-state index contributed by atoms with van der Waals surface area (Å²) in [6.07, 6.45) is 2.15. The fourth-order valence-electron chi connectivity index (χ4n) is 2.39. The van der Waals surface area contributed by atoms with Crippen LogP contribution >= 0.6 is 12.4 Å². The second-order valence-corrected chi connectivity index (χ2v) is 7.02. The molecule has 0 atom stereocenters. The number of hydrogen-bond acceptors (Lipinski definition) is 4. The lowest BCUT2D eigenvalue weighted by Crippen LogP contribution is -2.34. The molecule has 1 aliphatic rings. The van der Waals surface area contributed by atoms with Crippen LogP contribution < -0.4 is 5.73 Å². The summed E-state index contributed by atoms with van der Waals surface area (Å²) in [4.78, 5) is 2.28. The molecule has 0 bridgehead atoms. The van der Waals surface area contributed by atoms with Gasteiger partial charge in [0.05, 0.1) is 6.26 Å². The highest BCUT2D eigenvalue weighted by atomic mass is 35.5. The van der Waals surface area contributed by atoms with E-state index in [2.05, 4.69) is 11.0 Å². The summed E-state index contributed by atoms with van der Waals surface area (Å²) in [6, 6.07) is 7.84. The van der Waals surface area contributed by atoms with E-state index < -0.39 is 10.0 Å². The van der Waals surface area contributed by atoms with E-state index in [0.717, 1.165) is 31.7 Å². The minimum absolute atomic E-state index is 0. The van der Waals surface area contributed by atoms with E-state index >= 15 is 0 Å². The fraction of sp³-hybridized carbons (Fsp3) is 0.538. The maximum atomic E-state index is 11.5. The zero-order chi connectivity index (χ0) is 13.9. The molecule has 1 aromatic rings. The lowest BCUT2D eigenvalue weighted by atomic mass is 10.2. The third kappa shape index (κ3) is 4.94. The minimum Gasteiger partial charge on any atom is -0.399 e. The Balaban J connectivity index is 0.00000200. The van der Waals surface area contributed by atoms with Gasteiger partial charge in [0.1, 0.15) is 0 Å². The summed E-state index contributed by atoms with van der Waals surface area (Å²) in [5.41, 5.74) is 7.71. The van der Waals surface area contributed by atoms with E-state index in [1.54, 1.807) is 4.31 Å². The lowest BCUT2D eigenvalue weighted by Gasteiger charge is -2.20. The number of sulfonamides is 1. The van der Waals surface area contributed by atoms with Gasteiger partial charge in [-0.05, 0) is 30.7 Å². The zero-order valence-corrected chi connectivity index (χ0v) is 13.3. The molecule has 114 valence electrons. The van der Waals surface area contributed by atoms with Gasteiger partial charge in [0.25, 0.3) is 0 Å². The van der Waals surface area contributed by atoms with Crippen LogP contribution in [0.25, 0.3) is 0 Å². The molecule has 2 N–H and O–H groups in total. The molecule has 1 aliphatic heterocycles. The molecule has 0 radical (unpaired) electrons. The van der Waals surface area contributed by atoms with Crippen LogP contribution in [0, 0.1) is 0 Å². The van der Waals surface area contributed by atoms with Crippen molar-refractivity contribution < 1.29 is 8.42 Å². The van der Waals surface area contributed by atoms with E-state index in [0.29, 0.717) is 13.1 Å². The van der Waals surface area contributed by atoms with Gasteiger partial charge >= 0.3 is 0 Å². The Labute approximate surface area is 127 Å². The quantitative estimate of drug-likeness (QED) is 0.849. The highest BCUT2D eigenvalue weighted by Gasteiger charge is 2.21. The molecule has 0 saturated carbocycles. The van der Waals surface area contributed by atoms with Gasteiger partial charge in [0.15, 0.2) is 0 Å². The van der Waals surface area contributed by atoms with Gasteiger partial charge < -0.3 is 5.73 Å². The van der Waals surface area contributed by atoms with E-state index in [-0.39, 0.29) is 12.4 Å². The average molecular weight is 320 g/mol. The van der Waals surface area contributed by atoms with Crippen molar-refractivity contribution in [3.8, 4) is 0 Å². The number of benzene rings is 1. The van der Waals surface area contributed by atoms with Gasteiger partial charge in [-0.25, -0.2) is 12.7 Å². The van der Waals surface area contributed by atoms with Crippen molar-refractivity contribution in [3.63, 3.8) is 0 Å². The number of nitrogen functional groups attached to an aromatic ring is 1. The monoisotopic (exact) mass is 319 g/mol. The molecule has 0 unspecified atom stereocenters. The Morgan fingerprint density at radius 3 is 2.60 bits per heavy atom. The van der Waals surface area contributed by atoms with Crippen LogP contribution in [-0.4, -0.2) is 50.1 Å². The molecule has 7 heteroatoms. The summed E-state index contributed by atoms with van der Waals surface area (Å²) in [5.74, 6) is 0. The molecule has 5 nitrogen and oxygen atoms in total. The second-order valence-electron chi connectivity index (χ2n) is 5.04. The molecular formula is C13H22ClN3O2S. The van der Waals surface area contributed by atoms with Crippen LogP contribution in [0.5, 0.6) is 0 Å². The SMILES string of the molecule is CS(=O)(=O)N1CCCN(Cc2cccc(N)c2)CC1.Cl. The predicted molar refractivity (Wildman–Crippen MR) is 84.4 cm³/mol. The van der Waals surface area contributed by atoms with Crippen LogP contribution in [0.2, 0.25) is 0 Å². The van der Waals surface area contributed by atoms with Crippen molar-refractivity contribution in [2.45, 2.75) is 13.0 Å². The molecular weight excluding hydrogens is 298 g/mol. The summed E-state index contributed by atoms with van der Waals surface area (Å²) in [6.45, 7) is 3.69. The van der Waals surface area contributed by atoms with Gasteiger partial charge in [0.2, 0.25) is 10.0 Å². The Morgan fingerprint density at radius 1 is 1.20 bits per heavy atom. The van der Waals surface area contributed by atoms with Gasteiger partial charge in [-0.2, -0.15) is 0 Å². The highest BCUT2D eigenvalue weighted by molar-refractivity contribution is 7.88. The molecule has 2 rings (SSSR count). The third-order valence-electron chi connectivity index (χ3n) is 3.37. The van der Waals surface area contributed by atoms with Gasteiger partial charge in [-0.3, -0.25) is 4.90 Å². The van der Waals surface area contributed by atoms with Gasteiger partial charge in [-0.15, -0.1) is 12.4 Å². The van der Waals surface area contributed by atoms with Crippen molar-refractivity contribution in [2.75, 3.05) is 38.2 Å². The van der Waals surface area contributed by atoms with Crippen LogP contribution in [0.3, 0.4) is 0 Å². The molecule has 0 amide bonds. The molecule has 20 heavy (non-hydrogen) atoms. The van der Waals surface area contributed by atoms with E-state index in [1.807, 2.05) is 18.2 Å². The first-order valence-electron chi connectivity index (χ1n) is 6.47. The molecule has 0 aliphatic carbocycles. The highest BCUT2D eigenvalue weighted by Crippen LogP contribution is 2.13. The van der Waals surface area contributed by atoms with Crippen molar-refractivity contribution in [3.05, 3.63) is 29.8 Å². The maximum Gasteiger partial charge on any atom is 0.211 e. The second kappa shape index (κ2) is 7.26.